The van der Waals surface area contributed by atoms with E-state index in [0.29, 0.717) is 0 Å². The summed E-state index contributed by atoms with van der Waals surface area (Å²) in [6.07, 6.45) is 0. The minimum absolute atomic E-state index is 1.24. The van der Waals surface area contributed by atoms with Crippen LogP contribution < -0.4 is 0 Å². The van der Waals surface area contributed by atoms with Crippen molar-refractivity contribution in [2.45, 2.75) is 0 Å². The van der Waals surface area contributed by atoms with Crippen LogP contribution in [0.25, 0.3) is 129 Å². The third kappa shape index (κ3) is 4.71. The summed E-state index contributed by atoms with van der Waals surface area (Å²) in [6, 6.07) is 77.0. The van der Waals surface area contributed by atoms with Crippen LogP contribution in [-0.2, 0) is 0 Å². The minimum atomic E-state index is 1.24. The van der Waals surface area contributed by atoms with Crippen molar-refractivity contribution < 1.29 is 0 Å². The third-order valence-corrected chi connectivity index (χ3v) is 13.9. The Morgan fingerprint density at radius 3 is 0.983 bits per heavy atom. The Bertz CT molecular complexity index is 3770. The standard InChI is InChI=1S/C58H34S/c1-2-16-35(17-3-1)55-41-22-8-12-26-45(41)57(46-27-13-9-23-42(46)55)58-47-28-14-10-24-43(47)56(44-25-11-15-29-48(44)58)36-30-31-53-51(32-36)52-33-49-39-20-6-4-18-37(39)38-19-5-7-21-40(38)50(49)34-54(52)59-53/h1-34H. The van der Waals surface area contributed by atoms with Crippen molar-refractivity contribution in [3.63, 3.8) is 0 Å². The molecule has 59 heavy (non-hydrogen) atoms. The second kappa shape index (κ2) is 12.6. The van der Waals surface area contributed by atoms with E-state index in [1.165, 1.54) is 129 Å². The molecule has 0 aliphatic carbocycles. The van der Waals surface area contributed by atoms with Gasteiger partial charge in [0.25, 0.3) is 0 Å². The molecule has 272 valence electrons. The highest BCUT2D eigenvalue weighted by Gasteiger charge is 2.23. The van der Waals surface area contributed by atoms with Crippen LogP contribution in [0, 0.1) is 0 Å². The second-order valence-corrected chi connectivity index (χ2v) is 16.9. The van der Waals surface area contributed by atoms with E-state index in [1.807, 2.05) is 11.3 Å². The second-order valence-electron chi connectivity index (χ2n) is 15.8. The van der Waals surface area contributed by atoms with Crippen LogP contribution in [0.15, 0.2) is 206 Å². The number of benzene rings is 12. The van der Waals surface area contributed by atoms with Gasteiger partial charge in [-0.2, -0.15) is 0 Å². The molecule has 0 saturated carbocycles. The summed E-state index contributed by atoms with van der Waals surface area (Å²) in [5.74, 6) is 0. The third-order valence-electron chi connectivity index (χ3n) is 12.8. The number of hydrogen-bond acceptors (Lipinski definition) is 1. The van der Waals surface area contributed by atoms with E-state index in [-0.39, 0.29) is 0 Å². The van der Waals surface area contributed by atoms with Crippen LogP contribution in [0.1, 0.15) is 0 Å². The normalized spacial score (nSPS) is 12.1. The van der Waals surface area contributed by atoms with E-state index in [2.05, 4.69) is 206 Å². The Morgan fingerprint density at radius 1 is 0.186 bits per heavy atom. The summed E-state index contributed by atoms with van der Waals surface area (Å²) in [4.78, 5) is 0. The van der Waals surface area contributed by atoms with E-state index in [4.69, 9.17) is 0 Å². The van der Waals surface area contributed by atoms with Gasteiger partial charge in [-0.3, -0.25) is 0 Å². The monoisotopic (exact) mass is 762 g/mol. The summed E-state index contributed by atoms with van der Waals surface area (Å²) < 4.78 is 2.64. The predicted molar refractivity (Wildman–Crippen MR) is 258 cm³/mol. The highest BCUT2D eigenvalue weighted by molar-refractivity contribution is 7.25. The maximum atomic E-state index is 2.47. The molecule has 0 unspecified atom stereocenters. The van der Waals surface area contributed by atoms with Crippen LogP contribution in [-0.4, -0.2) is 0 Å². The highest BCUT2D eigenvalue weighted by Crippen LogP contribution is 2.51. The molecule has 0 atom stereocenters. The molecule has 0 nitrogen and oxygen atoms in total. The van der Waals surface area contributed by atoms with Gasteiger partial charge in [-0.15, -0.1) is 11.3 Å². The lowest BCUT2D eigenvalue weighted by atomic mass is 9.81. The smallest absolute Gasteiger partial charge is 0.0362 e. The summed E-state index contributed by atoms with van der Waals surface area (Å²) in [7, 11) is 0. The van der Waals surface area contributed by atoms with E-state index >= 15 is 0 Å². The first-order valence-electron chi connectivity index (χ1n) is 20.4. The van der Waals surface area contributed by atoms with E-state index in [1.54, 1.807) is 0 Å². The Hall–Kier alpha value is -7.32. The first kappa shape index (κ1) is 32.7. The van der Waals surface area contributed by atoms with Gasteiger partial charge < -0.3 is 0 Å². The van der Waals surface area contributed by atoms with Gasteiger partial charge in [0.2, 0.25) is 0 Å². The number of hydrogen-bond donors (Lipinski definition) is 0. The van der Waals surface area contributed by atoms with Gasteiger partial charge in [0, 0.05) is 20.2 Å². The zero-order valence-corrected chi connectivity index (χ0v) is 32.9. The van der Waals surface area contributed by atoms with Crippen molar-refractivity contribution in [3.8, 4) is 33.4 Å². The number of thiophene rings is 1. The molecule has 0 amide bonds. The van der Waals surface area contributed by atoms with Crippen LogP contribution >= 0.6 is 11.3 Å². The van der Waals surface area contributed by atoms with Crippen molar-refractivity contribution >= 4 is 107 Å². The van der Waals surface area contributed by atoms with Crippen LogP contribution in [0.5, 0.6) is 0 Å². The highest BCUT2D eigenvalue weighted by atomic mass is 32.1. The quantitative estimate of drug-likeness (QED) is 0.124. The SMILES string of the molecule is c1ccc(-c2c3ccccc3c(-c3c4ccccc4c(-c4ccc5sc6cc7c8ccccc8c8ccccc8c7cc6c5c4)c4ccccc34)c3ccccc23)cc1. The summed E-state index contributed by atoms with van der Waals surface area (Å²) in [6.45, 7) is 0. The lowest BCUT2D eigenvalue weighted by Crippen LogP contribution is -1.94. The Kier molecular flexibility index (Phi) is 6.98. The molecule has 0 bridgehead atoms. The van der Waals surface area contributed by atoms with Crippen LogP contribution in [0.4, 0.5) is 0 Å². The molecular formula is C58H34S. The Morgan fingerprint density at radius 2 is 0.525 bits per heavy atom. The van der Waals surface area contributed by atoms with Gasteiger partial charge in [-0.25, -0.2) is 0 Å². The lowest BCUT2D eigenvalue weighted by Gasteiger charge is -2.22. The predicted octanol–water partition coefficient (Wildman–Crippen LogP) is 17.1. The molecule has 12 aromatic carbocycles. The molecule has 0 saturated heterocycles. The fourth-order valence-electron chi connectivity index (χ4n) is 10.4. The molecule has 0 aliphatic heterocycles. The molecule has 13 rings (SSSR count). The van der Waals surface area contributed by atoms with E-state index in [9.17, 15) is 0 Å². The van der Waals surface area contributed by atoms with Gasteiger partial charge in [-0.05, 0) is 133 Å². The first-order chi connectivity index (χ1) is 29.3. The fraction of sp³-hybridized carbons (Fsp3) is 0. The molecule has 1 aromatic heterocycles. The Labute approximate surface area is 344 Å². The molecular weight excluding hydrogens is 729 g/mol. The fourth-order valence-corrected chi connectivity index (χ4v) is 11.5. The van der Waals surface area contributed by atoms with E-state index in [0.717, 1.165) is 0 Å². The molecule has 0 N–H and O–H groups in total. The Balaban J connectivity index is 1.11. The van der Waals surface area contributed by atoms with Crippen molar-refractivity contribution in [1.82, 2.24) is 0 Å². The summed E-state index contributed by atoms with van der Waals surface area (Å²) in [5, 5.41) is 20.7. The van der Waals surface area contributed by atoms with Gasteiger partial charge in [-0.1, -0.05) is 182 Å². The maximum Gasteiger partial charge on any atom is 0.0362 e. The van der Waals surface area contributed by atoms with E-state index < -0.39 is 0 Å². The number of fused-ring (bicyclic) bond motifs is 13. The molecule has 13 aromatic rings. The van der Waals surface area contributed by atoms with Crippen molar-refractivity contribution in [2.24, 2.45) is 0 Å². The summed E-state index contributed by atoms with van der Waals surface area (Å²) in [5.41, 5.74) is 7.64. The average molecular weight is 763 g/mol. The lowest BCUT2D eigenvalue weighted by molar-refractivity contribution is 1.67. The zero-order valence-electron chi connectivity index (χ0n) is 32.0. The van der Waals surface area contributed by atoms with Gasteiger partial charge in [0.05, 0.1) is 0 Å². The minimum Gasteiger partial charge on any atom is -0.135 e. The molecule has 1 heterocycles. The van der Waals surface area contributed by atoms with Crippen LogP contribution in [0.2, 0.25) is 0 Å². The average Bonchev–Trinajstić information content (AvgIpc) is 3.67. The summed E-state index contributed by atoms with van der Waals surface area (Å²) >= 11 is 1.90. The largest absolute Gasteiger partial charge is 0.135 e. The van der Waals surface area contributed by atoms with Crippen molar-refractivity contribution in [3.05, 3.63) is 206 Å². The molecule has 0 aliphatic rings. The maximum absolute atomic E-state index is 2.47. The number of rotatable bonds is 3. The topological polar surface area (TPSA) is 0 Å². The van der Waals surface area contributed by atoms with Gasteiger partial charge >= 0.3 is 0 Å². The first-order valence-corrected chi connectivity index (χ1v) is 21.2. The van der Waals surface area contributed by atoms with Crippen molar-refractivity contribution in [1.29, 1.82) is 0 Å². The van der Waals surface area contributed by atoms with Crippen molar-refractivity contribution in [2.75, 3.05) is 0 Å². The van der Waals surface area contributed by atoms with Gasteiger partial charge in [0.15, 0.2) is 0 Å². The van der Waals surface area contributed by atoms with Gasteiger partial charge in [0.1, 0.15) is 0 Å². The zero-order chi connectivity index (χ0) is 38.6. The molecule has 1 heteroatoms. The van der Waals surface area contributed by atoms with Crippen LogP contribution in [0.3, 0.4) is 0 Å². The molecule has 0 fully saturated rings. The molecule has 0 spiro atoms. The molecule has 0 radical (unpaired) electrons.